The number of benzene rings is 4. The third kappa shape index (κ3) is 18.1. The zero-order chi connectivity index (χ0) is 67.1. The number of H-pyrrole nitrogens is 1. The molecule has 496 valence electrons. The van der Waals surface area contributed by atoms with Crippen molar-refractivity contribution < 1.29 is 67.0 Å². The molecule has 0 radical (unpaired) electrons. The van der Waals surface area contributed by atoms with Crippen LogP contribution in [0, 0.1) is 5.82 Å². The molecule has 1 saturated heterocycles. The number of nitrogens with two attached hydrogens (primary N) is 1. The minimum absolute atomic E-state index is 0.0471. The SMILES string of the molecule is COc1ccc(C[C@@H]2NC(=O)[C@H]([C@@H](C)O)NC(=O)[C@@H]3CCC(=O)NCc4cccc(c4)C[C@H](NC(=O)[C@@H](CN)NC(=O)[C@H](C)NC(=O)CCC(=O)NCc4ccc(cc4)CCNC(=O)[C@]4(C)CCCN4C2=O)C(=O)N[C@@H](Cc2c[nH]c4ccc(F)cc24)C(=O)N3C)cc1. The summed E-state index contributed by atoms with van der Waals surface area (Å²) in [7, 11) is 2.72. The standard InChI is InChI=1S/C66H82FN13O13/c1-37-58(85)77-52(33-68)60(87)74-49-30-42-8-6-9-43(28-42)35-72-54(82)21-20-53(79(4)63(90)51(75-59(49)86)31-44-36-70-48-19-16-45(67)32-47(44)48)61(88)78-57(38(2)81)62(89)76-50(29-40-14-17-46(93-5)18-15-40)64(91)80-27-7-25-66(80,3)65(92)69-26-24-39-10-12-41(13-11-39)34-71-55(83)22-23-56(84)73-37/h6,8-19,28,32,36-38,49-53,57,70,81H,7,20-27,29-31,33-35,68H2,1-5H3,(H,69,92)(H,71,83)(H,72,82)(H,73,84)(H,74,87)(H,75,86)(H,76,89)(H,77,85)(H,78,88)/t37-,38+,49-,50-,51-,52+,53-,57-,66-/m0/s1. The molecule has 93 heavy (non-hydrogen) atoms. The summed E-state index contributed by atoms with van der Waals surface area (Å²) in [5.41, 5.74) is 8.72. The van der Waals surface area contributed by atoms with E-state index >= 15 is 19.2 Å². The van der Waals surface area contributed by atoms with Crippen molar-refractivity contribution in [3.05, 3.63) is 136 Å². The number of fused-ring (bicyclic) bond motifs is 26. The zero-order valence-corrected chi connectivity index (χ0v) is 52.7. The number of nitrogens with one attached hydrogen (secondary N) is 10. The van der Waals surface area contributed by atoms with Gasteiger partial charge in [0.15, 0.2) is 0 Å². The Labute approximate surface area is 537 Å². The Kier molecular flexibility index (Phi) is 23.4. The summed E-state index contributed by atoms with van der Waals surface area (Å²) in [6, 6.07) is 13.9. The fraction of sp³-hybridized carbons (Fsp3) is 0.439. The second-order valence-corrected chi connectivity index (χ2v) is 24.0. The van der Waals surface area contributed by atoms with Crippen molar-refractivity contribution in [2.75, 3.05) is 33.8 Å². The van der Waals surface area contributed by atoms with Gasteiger partial charge < -0.3 is 78.2 Å². The van der Waals surface area contributed by atoms with E-state index in [0.29, 0.717) is 51.7 Å². The van der Waals surface area contributed by atoms with Crippen LogP contribution >= 0.6 is 0 Å². The lowest BCUT2D eigenvalue weighted by molar-refractivity contribution is -0.147. The Morgan fingerprint density at radius 2 is 1.32 bits per heavy atom. The highest BCUT2D eigenvalue weighted by Gasteiger charge is 2.48. The first kappa shape index (κ1) is 69.1. The van der Waals surface area contributed by atoms with Crippen molar-refractivity contribution in [1.82, 2.24) is 62.6 Å². The van der Waals surface area contributed by atoms with E-state index in [1.54, 1.807) is 67.6 Å². The first-order chi connectivity index (χ1) is 44.4. The fourth-order valence-corrected chi connectivity index (χ4v) is 11.7. The highest BCUT2D eigenvalue weighted by molar-refractivity contribution is 6.00. The first-order valence-corrected chi connectivity index (χ1v) is 31.1. The van der Waals surface area contributed by atoms with E-state index in [4.69, 9.17) is 10.5 Å². The molecule has 5 aromatic rings. The number of carbonyl (C=O) groups excluding carboxylic acids is 11. The van der Waals surface area contributed by atoms with E-state index in [2.05, 4.69) is 52.8 Å². The lowest BCUT2D eigenvalue weighted by Gasteiger charge is -2.37. The molecule has 0 unspecified atom stereocenters. The number of aromatic amines is 1. The van der Waals surface area contributed by atoms with Crippen LogP contribution in [0.15, 0.2) is 97.2 Å². The number of halogens is 1. The van der Waals surface area contributed by atoms with Crippen LogP contribution in [0.25, 0.3) is 10.9 Å². The summed E-state index contributed by atoms with van der Waals surface area (Å²) in [5.74, 6) is -8.53. The number of aromatic nitrogens is 1. The largest absolute Gasteiger partial charge is 0.497 e. The van der Waals surface area contributed by atoms with Crippen LogP contribution in [0.5, 0.6) is 5.75 Å². The molecule has 4 aliphatic rings. The molecule has 11 amide bonds. The molecule has 0 saturated carbocycles. The second-order valence-electron chi connectivity index (χ2n) is 24.0. The predicted octanol–water partition coefficient (Wildman–Crippen LogP) is -0.00130. The van der Waals surface area contributed by atoms with Crippen LogP contribution in [0.4, 0.5) is 4.39 Å². The Morgan fingerprint density at radius 1 is 0.667 bits per heavy atom. The summed E-state index contributed by atoms with van der Waals surface area (Å²) in [5, 5.41) is 36.1. The second kappa shape index (κ2) is 31.5. The maximum absolute atomic E-state index is 15.4. The number of likely N-dealkylation sites (N-methyl/N-ethyl adjacent to an activating group) is 1. The summed E-state index contributed by atoms with van der Waals surface area (Å²) in [6.45, 7) is 4.14. The third-order valence-corrected chi connectivity index (χ3v) is 17.2. The number of methoxy groups -OCH3 is 1. The molecule has 9 rings (SSSR count). The average Bonchev–Trinajstić information content (AvgIpc) is 1.79. The number of hydrogen-bond acceptors (Lipinski definition) is 14. The van der Waals surface area contributed by atoms with Crippen molar-refractivity contribution in [2.45, 2.75) is 152 Å². The van der Waals surface area contributed by atoms with Crippen LogP contribution < -0.4 is 58.3 Å². The van der Waals surface area contributed by atoms with E-state index in [0.717, 1.165) is 16.0 Å². The van der Waals surface area contributed by atoms with Gasteiger partial charge in [0.25, 0.3) is 0 Å². The van der Waals surface area contributed by atoms with Crippen LogP contribution in [-0.2, 0) is 91.5 Å². The highest BCUT2D eigenvalue weighted by Crippen LogP contribution is 2.31. The van der Waals surface area contributed by atoms with Crippen molar-refractivity contribution in [3.8, 4) is 5.75 Å². The molecule has 0 spiro atoms. The number of amides is 11. The van der Waals surface area contributed by atoms with Gasteiger partial charge in [0.05, 0.1) is 13.2 Å². The average molecular weight is 1280 g/mol. The Morgan fingerprint density at radius 3 is 2.03 bits per heavy atom. The van der Waals surface area contributed by atoms with Gasteiger partial charge in [-0.1, -0.05) is 60.7 Å². The van der Waals surface area contributed by atoms with Crippen molar-refractivity contribution in [3.63, 3.8) is 0 Å². The van der Waals surface area contributed by atoms with Gasteiger partial charge in [-0.05, 0) is 110 Å². The minimum atomic E-state index is -1.82. The van der Waals surface area contributed by atoms with Gasteiger partial charge in [-0.2, -0.15) is 0 Å². The number of ether oxygens (including phenoxy) is 1. The fourth-order valence-electron chi connectivity index (χ4n) is 11.7. The smallest absolute Gasteiger partial charge is 0.246 e. The number of rotatable bonds is 7. The molecular formula is C66H82FN13O13. The van der Waals surface area contributed by atoms with Gasteiger partial charge in [0.1, 0.15) is 59.4 Å². The van der Waals surface area contributed by atoms with E-state index in [9.17, 15) is 43.1 Å². The van der Waals surface area contributed by atoms with Gasteiger partial charge in [0.2, 0.25) is 65.0 Å². The van der Waals surface area contributed by atoms with Crippen molar-refractivity contribution in [1.29, 1.82) is 0 Å². The van der Waals surface area contributed by atoms with E-state index in [1.165, 1.54) is 57.3 Å². The number of aliphatic hydroxyl groups is 1. The third-order valence-electron chi connectivity index (χ3n) is 17.2. The highest BCUT2D eigenvalue weighted by atomic mass is 19.1. The lowest BCUT2D eigenvalue weighted by atomic mass is 9.95. The molecule has 27 heteroatoms. The number of nitrogens with zero attached hydrogens (tertiary/aromatic N) is 2. The van der Waals surface area contributed by atoms with Gasteiger partial charge in [0, 0.05) is 95.4 Å². The molecule has 1 fully saturated rings. The molecule has 9 atom stereocenters. The van der Waals surface area contributed by atoms with Gasteiger partial charge in [-0.15, -0.1) is 0 Å². The van der Waals surface area contributed by atoms with Crippen LogP contribution in [-0.4, -0.2) is 173 Å². The minimum Gasteiger partial charge on any atom is -0.497 e. The first-order valence-electron chi connectivity index (χ1n) is 31.1. The zero-order valence-electron chi connectivity index (χ0n) is 52.7. The monoisotopic (exact) mass is 1280 g/mol. The summed E-state index contributed by atoms with van der Waals surface area (Å²) >= 11 is 0. The van der Waals surface area contributed by atoms with Crippen LogP contribution in [0.2, 0.25) is 0 Å². The van der Waals surface area contributed by atoms with Crippen LogP contribution in [0.3, 0.4) is 0 Å². The van der Waals surface area contributed by atoms with Gasteiger partial charge in [-0.3, -0.25) is 52.7 Å². The Hall–Kier alpha value is -9.76. The van der Waals surface area contributed by atoms with Crippen LogP contribution in [0.1, 0.15) is 92.7 Å². The summed E-state index contributed by atoms with van der Waals surface area (Å²) in [6.07, 6.45) is -1.04. The maximum Gasteiger partial charge on any atom is 0.246 e. The van der Waals surface area contributed by atoms with E-state index in [1.807, 2.05) is 12.1 Å². The van der Waals surface area contributed by atoms with Gasteiger partial charge in [-0.25, -0.2) is 4.39 Å². The quantitative estimate of drug-likeness (QED) is 0.0955. The normalized spacial score (nSPS) is 24.8. The number of aliphatic hydroxyl groups excluding tert-OH is 1. The van der Waals surface area contributed by atoms with E-state index < -0.39 is 138 Å². The summed E-state index contributed by atoms with van der Waals surface area (Å²) in [4.78, 5) is 163. The van der Waals surface area contributed by atoms with Crippen molar-refractivity contribution >= 4 is 75.9 Å². The number of carbonyl (C=O) groups is 11. The molecule has 4 aliphatic heterocycles. The lowest BCUT2D eigenvalue weighted by Crippen LogP contribution is -2.63. The Bertz CT molecular complexity index is 3580. The molecule has 26 nitrogen and oxygen atoms in total. The Balaban J connectivity index is 1.15. The molecule has 13 N–H and O–H groups in total. The molecule has 4 aromatic carbocycles. The van der Waals surface area contributed by atoms with Gasteiger partial charge >= 0.3 is 0 Å². The molecular weight excluding hydrogens is 1200 g/mol. The molecule has 1 aromatic heterocycles. The molecule has 0 aliphatic carbocycles. The van der Waals surface area contributed by atoms with Crippen molar-refractivity contribution in [2.24, 2.45) is 5.73 Å². The molecule has 6 bridgehead atoms. The maximum atomic E-state index is 15.4. The topological polar surface area (TPSA) is 374 Å². The number of hydrogen-bond donors (Lipinski definition) is 12. The van der Waals surface area contributed by atoms with E-state index in [-0.39, 0.29) is 71.1 Å². The summed E-state index contributed by atoms with van der Waals surface area (Å²) < 4.78 is 20.3. The molecule has 5 heterocycles. The predicted molar refractivity (Wildman–Crippen MR) is 338 cm³/mol.